The first kappa shape index (κ1) is 43.2. The van der Waals surface area contributed by atoms with E-state index in [1.54, 1.807) is 19.2 Å². The number of hydrogen-bond donors (Lipinski definition) is 3. The molecule has 1 spiro atoms. The van der Waals surface area contributed by atoms with E-state index in [2.05, 4.69) is 10.6 Å². The number of esters is 4. The van der Waals surface area contributed by atoms with Crippen LogP contribution in [-0.4, -0.2) is 92.1 Å². The predicted octanol–water partition coefficient (Wildman–Crippen LogP) is 5.07. The molecule has 4 bridgehead atoms. The van der Waals surface area contributed by atoms with Crippen molar-refractivity contribution >= 4 is 35.6 Å². The second-order valence-corrected chi connectivity index (χ2v) is 18.0. The van der Waals surface area contributed by atoms with Gasteiger partial charge in [-0.3, -0.25) is 24.6 Å². The van der Waals surface area contributed by atoms with Gasteiger partial charge in [0.05, 0.1) is 37.6 Å². The number of hydrogen-bond acceptors (Lipinski definition) is 17. The third kappa shape index (κ3) is 6.98. The van der Waals surface area contributed by atoms with Gasteiger partial charge in [0.15, 0.2) is 40.0 Å². The van der Waals surface area contributed by atoms with Gasteiger partial charge in [0.2, 0.25) is 6.79 Å². The van der Waals surface area contributed by atoms with E-state index >= 15 is 4.79 Å². The second-order valence-electron chi connectivity index (χ2n) is 16.9. The molecule has 17 heteroatoms. The fraction of sp³-hybridized carbons (Fsp3) is 0.522. The average Bonchev–Trinajstić information content (AvgIpc) is 3.75. The van der Waals surface area contributed by atoms with Crippen LogP contribution in [0, 0.1) is 13.8 Å². The topological polar surface area (TPSA) is 190 Å². The zero-order valence-electron chi connectivity index (χ0n) is 36.5. The Bertz CT molecular complexity index is 2410. The van der Waals surface area contributed by atoms with Crippen molar-refractivity contribution in [1.82, 2.24) is 15.5 Å². The molecule has 0 aliphatic carbocycles. The molecular weight excluding hydrogens is 835 g/mol. The number of piperazine rings is 1. The Labute approximate surface area is 369 Å². The first-order valence-electron chi connectivity index (χ1n) is 21.6. The van der Waals surface area contributed by atoms with Gasteiger partial charge in [0, 0.05) is 60.4 Å². The van der Waals surface area contributed by atoms with Gasteiger partial charge < -0.3 is 48.3 Å². The number of thioether (sulfide) groups is 1. The standard InChI is InChI=1S/C46H53N3O13S/c1-8-10-31(51)61-30-16-24-12-13-47-46(26(24)17-29(30)55-6)19-63-43-35-34(41-40(58-20-59-41)22(4)39(35)60-23(5)50)28(18-57-45(46)54)49-37(43)36-33-25(15-27(48-36)44(49)53)14-21(3)38(56-7)42(33)62-32(52)11-9-2/h14,16-17,27-28,36-37,43-44,47-48,53H,8-13,15,18-20H2,1-7H3/t27-,28-,36+,37?,43+,44-,46+/m0/s1. The number of fused-ring (bicyclic) bond motifs is 9. The summed E-state index contributed by atoms with van der Waals surface area (Å²) in [5.41, 5.74) is 4.17. The largest absolute Gasteiger partial charge is 0.493 e. The quantitative estimate of drug-likeness (QED) is 0.191. The van der Waals surface area contributed by atoms with Crippen LogP contribution in [0.25, 0.3) is 0 Å². The molecule has 0 amide bonds. The van der Waals surface area contributed by atoms with Crippen molar-refractivity contribution in [2.45, 2.75) is 114 Å². The molecule has 2 saturated heterocycles. The highest BCUT2D eigenvalue weighted by Gasteiger charge is 2.60. The number of methoxy groups -OCH3 is 2. The summed E-state index contributed by atoms with van der Waals surface area (Å²) in [6.45, 7) is 8.94. The highest BCUT2D eigenvalue weighted by molar-refractivity contribution is 7.99. The first-order chi connectivity index (χ1) is 30.3. The number of aliphatic hydroxyl groups excluding tert-OH is 1. The van der Waals surface area contributed by atoms with Crippen molar-refractivity contribution < 1.29 is 62.2 Å². The molecule has 3 N–H and O–H groups in total. The Morgan fingerprint density at radius 2 is 1.63 bits per heavy atom. The summed E-state index contributed by atoms with van der Waals surface area (Å²) in [5.74, 6) is 0.641. The average molecular weight is 888 g/mol. The van der Waals surface area contributed by atoms with E-state index in [0.29, 0.717) is 83.2 Å². The number of rotatable bonds is 9. The van der Waals surface area contributed by atoms with E-state index in [-0.39, 0.29) is 43.5 Å². The van der Waals surface area contributed by atoms with Crippen molar-refractivity contribution in [2.24, 2.45) is 0 Å². The fourth-order valence-electron chi connectivity index (χ4n) is 10.5. The van der Waals surface area contributed by atoms with Crippen molar-refractivity contribution in [3.63, 3.8) is 0 Å². The summed E-state index contributed by atoms with van der Waals surface area (Å²) in [6, 6.07) is 2.97. The number of nitrogens with zero attached hydrogens (tertiary/aromatic N) is 1. The van der Waals surface area contributed by atoms with Crippen LogP contribution in [0.15, 0.2) is 18.2 Å². The minimum Gasteiger partial charge on any atom is -0.493 e. The minimum absolute atomic E-state index is 0.0877. The molecule has 7 aliphatic rings. The zero-order valence-corrected chi connectivity index (χ0v) is 37.3. The Kier molecular flexibility index (Phi) is 11.5. The number of benzene rings is 3. The lowest BCUT2D eigenvalue weighted by Gasteiger charge is -2.59. The van der Waals surface area contributed by atoms with Crippen LogP contribution in [0.3, 0.4) is 0 Å². The molecule has 0 aromatic heterocycles. The number of aliphatic hydroxyl groups is 1. The third-order valence-electron chi connectivity index (χ3n) is 13.1. The smallest absolute Gasteiger partial charge is 0.331 e. The van der Waals surface area contributed by atoms with Gasteiger partial charge in [-0.15, -0.1) is 11.8 Å². The van der Waals surface area contributed by atoms with Gasteiger partial charge in [0.1, 0.15) is 18.6 Å². The van der Waals surface area contributed by atoms with E-state index < -0.39 is 65.1 Å². The molecule has 7 aliphatic heterocycles. The summed E-state index contributed by atoms with van der Waals surface area (Å²) in [5, 5.41) is 19.3. The second kappa shape index (κ2) is 16.8. The van der Waals surface area contributed by atoms with Crippen molar-refractivity contribution in [2.75, 3.05) is 39.9 Å². The SMILES string of the molecule is CCCC(=O)Oc1cc2c(cc1OC)[C@@]1(CS[C@@H]3c4c(OC(C)=O)c(C)c5c(c4[C@H](COC1=O)N1C3[C@@H]3N[C@@H](Cc4cc(C)c(OC)c(OC(=O)CCC)c43)[C@@H]1O)OCO5)NCC2. The van der Waals surface area contributed by atoms with Crippen molar-refractivity contribution in [1.29, 1.82) is 0 Å². The fourth-order valence-corrected chi connectivity index (χ4v) is 12.2. The maximum atomic E-state index is 15.0. The van der Waals surface area contributed by atoms with Gasteiger partial charge in [-0.25, -0.2) is 4.79 Å². The molecule has 63 heavy (non-hydrogen) atoms. The van der Waals surface area contributed by atoms with Crippen LogP contribution in [0.2, 0.25) is 0 Å². The van der Waals surface area contributed by atoms with Gasteiger partial charge in [-0.05, 0) is 73.9 Å². The van der Waals surface area contributed by atoms with Gasteiger partial charge in [-0.1, -0.05) is 19.9 Å². The predicted molar refractivity (Wildman–Crippen MR) is 228 cm³/mol. The normalized spacial score (nSPS) is 26.4. The Morgan fingerprint density at radius 3 is 2.35 bits per heavy atom. The lowest BCUT2D eigenvalue weighted by atomic mass is 9.74. The third-order valence-corrected chi connectivity index (χ3v) is 14.5. The molecule has 2 fully saturated rings. The lowest BCUT2D eigenvalue weighted by molar-refractivity contribution is -0.164. The molecule has 1 unspecified atom stereocenters. The number of aryl methyl sites for hydroxylation is 1. The maximum absolute atomic E-state index is 15.0. The summed E-state index contributed by atoms with van der Waals surface area (Å²) in [4.78, 5) is 56.1. The van der Waals surface area contributed by atoms with Gasteiger partial charge in [-0.2, -0.15) is 0 Å². The molecule has 7 atom stereocenters. The first-order valence-corrected chi connectivity index (χ1v) is 22.6. The number of ether oxygens (including phenoxy) is 8. The lowest BCUT2D eigenvalue weighted by Crippen LogP contribution is -2.70. The Hall–Kier alpha value is -5.07. The molecule has 3 aromatic carbocycles. The summed E-state index contributed by atoms with van der Waals surface area (Å²) in [6.07, 6.45) is 1.44. The Morgan fingerprint density at radius 1 is 0.889 bits per heavy atom. The van der Waals surface area contributed by atoms with Gasteiger partial charge >= 0.3 is 23.9 Å². The van der Waals surface area contributed by atoms with Crippen LogP contribution in [0.1, 0.15) is 108 Å². The monoisotopic (exact) mass is 887 g/mol. The number of nitrogens with one attached hydrogen (secondary N) is 2. The van der Waals surface area contributed by atoms with Crippen molar-refractivity contribution in [3.8, 4) is 40.2 Å². The summed E-state index contributed by atoms with van der Waals surface area (Å²) < 4.78 is 48.7. The minimum atomic E-state index is -1.43. The Balaban J connectivity index is 1.27. The molecule has 16 nitrogen and oxygen atoms in total. The van der Waals surface area contributed by atoms with E-state index in [9.17, 15) is 19.5 Å². The molecule has 3 aromatic rings. The van der Waals surface area contributed by atoms with Crippen LogP contribution in [-0.2, 0) is 42.3 Å². The van der Waals surface area contributed by atoms with Crippen molar-refractivity contribution in [3.05, 3.63) is 62.7 Å². The maximum Gasteiger partial charge on any atom is 0.331 e. The van der Waals surface area contributed by atoms with E-state index in [1.165, 1.54) is 25.8 Å². The number of carbonyl (C=O) groups is 4. The summed E-state index contributed by atoms with van der Waals surface area (Å²) >= 11 is 1.44. The van der Waals surface area contributed by atoms with Crippen LogP contribution < -0.4 is 43.8 Å². The van der Waals surface area contributed by atoms with E-state index in [1.807, 2.05) is 38.7 Å². The molecule has 0 saturated carbocycles. The van der Waals surface area contributed by atoms with E-state index in [4.69, 9.17) is 37.9 Å². The van der Waals surface area contributed by atoms with Crippen LogP contribution in [0.4, 0.5) is 0 Å². The molecular formula is C46H53N3O13S. The molecule has 10 rings (SSSR count). The molecule has 7 heterocycles. The van der Waals surface area contributed by atoms with E-state index in [0.717, 1.165) is 22.3 Å². The highest BCUT2D eigenvalue weighted by atomic mass is 32.2. The summed E-state index contributed by atoms with van der Waals surface area (Å²) in [7, 11) is 3.03. The van der Waals surface area contributed by atoms with Gasteiger partial charge in [0.25, 0.3) is 0 Å². The zero-order chi connectivity index (χ0) is 44.5. The van der Waals surface area contributed by atoms with Crippen LogP contribution in [0.5, 0.6) is 40.2 Å². The molecule has 336 valence electrons. The van der Waals surface area contributed by atoms with Crippen LogP contribution >= 0.6 is 11.8 Å². The number of carbonyl (C=O) groups excluding carboxylic acids is 4. The molecule has 0 radical (unpaired) electrons. The highest BCUT2D eigenvalue weighted by Crippen LogP contribution is 2.63.